The molecule has 1 aromatic rings. The Bertz CT molecular complexity index is 405. The molecule has 0 saturated heterocycles. The fraction of sp³-hybridized carbons (Fsp3) is 0.364. The van der Waals surface area contributed by atoms with Crippen molar-refractivity contribution in [3.8, 4) is 6.07 Å². The van der Waals surface area contributed by atoms with Crippen LogP contribution in [0.15, 0.2) is 18.2 Å². The van der Waals surface area contributed by atoms with E-state index in [2.05, 4.69) is 5.32 Å². The van der Waals surface area contributed by atoms with Crippen molar-refractivity contribution in [1.29, 1.82) is 5.26 Å². The van der Waals surface area contributed by atoms with E-state index in [0.717, 1.165) is 18.5 Å². The lowest BCUT2D eigenvalue weighted by Crippen LogP contribution is -2.38. The summed E-state index contributed by atoms with van der Waals surface area (Å²) in [5.41, 5.74) is 7.48. The van der Waals surface area contributed by atoms with Crippen molar-refractivity contribution in [2.75, 3.05) is 11.1 Å². The molecule has 0 aliphatic heterocycles. The first kappa shape index (κ1) is 9.81. The third-order valence-electron chi connectivity index (χ3n) is 2.66. The van der Waals surface area contributed by atoms with E-state index in [0.29, 0.717) is 17.3 Å². The molecule has 4 N–H and O–H groups in total. The maximum atomic E-state index is 9.13. The molecule has 0 atom stereocenters. The predicted octanol–water partition coefficient (Wildman–Crippen LogP) is 1.08. The summed E-state index contributed by atoms with van der Waals surface area (Å²) < 4.78 is 0. The monoisotopic (exact) mass is 203 g/mol. The van der Waals surface area contributed by atoms with Gasteiger partial charge in [-0.15, -0.1) is 0 Å². The van der Waals surface area contributed by atoms with Crippen molar-refractivity contribution in [2.24, 2.45) is 0 Å². The van der Waals surface area contributed by atoms with Crippen LogP contribution in [0.3, 0.4) is 0 Å². The van der Waals surface area contributed by atoms with Gasteiger partial charge in [0.2, 0.25) is 0 Å². The van der Waals surface area contributed by atoms with Gasteiger partial charge < -0.3 is 16.2 Å². The van der Waals surface area contributed by atoms with Gasteiger partial charge in [-0.05, 0) is 31.0 Å². The molecule has 0 aromatic heterocycles. The number of aliphatic hydroxyl groups excluding tert-OH is 1. The second-order valence-electron chi connectivity index (χ2n) is 3.88. The fourth-order valence-corrected chi connectivity index (χ4v) is 1.68. The summed E-state index contributed by atoms with van der Waals surface area (Å²) in [5, 5.41) is 21.2. The Hall–Kier alpha value is -1.73. The molecule has 0 spiro atoms. The third kappa shape index (κ3) is 2.03. The van der Waals surface area contributed by atoms with Crippen LogP contribution >= 0.6 is 0 Å². The zero-order chi connectivity index (χ0) is 10.8. The summed E-state index contributed by atoms with van der Waals surface area (Å²) in [6.07, 6.45) is 1.37. The number of aliphatic hydroxyl groups is 1. The van der Waals surface area contributed by atoms with Crippen molar-refractivity contribution < 1.29 is 5.11 Å². The molecule has 0 amide bonds. The van der Waals surface area contributed by atoms with Crippen molar-refractivity contribution in [1.82, 2.24) is 0 Å². The summed E-state index contributed by atoms with van der Waals surface area (Å²) in [6, 6.07) is 7.66. The molecule has 1 saturated carbocycles. The number of nitrogen functional groups attached to an aromatic ring is 1. The summed E-state index contributed by atoms with van der Waals surface area (Å²) in [7, 11) is 0. The van der Waals surface area contributed by atoms with E-state index in [1.807, 2.05) is 12.1 Å². The Kier molecular flexibility index (Phi) is 2.48. The molecule has 0 radical (unpaired) electrons. The highest BCUT2D eigenvalue weighted by atomic mass is 16.3. The predicted molar refractivity (Wildman–Crippen MR) is 58.2 cm³/mol. The first-order chi connectivity index (χ1) is 7.19. The van der Waals surface area contributed by atoms with Gasteiger partial charge in [0.1, 0.15) is 6.07 Å². The molecule has 1 aliphatic rings. The quantitative estimate of drug-likeness (QED) is 0.628. The molecule has 4 nitrogen and oxygen atoms in total. The molecule has 1 aromatic carbocycles. The molecule has 15 heavy (non-hydrogen) atoms. The van der Waals surface area contributed by atoms with Crippen LogP contribution in [0.1, 0.15) is 18.4 Å². The second kappa shape index (κ2) is 3.79. The fourth-order valence-electron chi connectivity index (χ4n) is 1.68. The van der Waals surface area contributed by atoms with Crippen LogP contribution in [0, 0.1) is 11.3 Å². The van der Waals surface area contributed by atoms with Gasteiger partial charge >= 0.3 is 0 Å². The van der Waals surface area contributed by atoms with Gasteiger partial charge in [0.05, 0.1) is 11.7 Å². The molecule has 2 rings (SSSR count). The van der Waals surface area contributed by atoms with Crippen molar-refractivity contribution in [2.45, 2.75) is 25.0 Å². The number of hydrogen-bond acceptors (Lipinski definition) is 4. The lowest BCUT2D eigenvalue weighted by molar-refractivity contribution is 0.0836. The zero-order valence-electron chi connectivity index (χ0n) is 8.27. The summed E-state index contributed by atoms with van der Waals surface area (Å²) in [6.45, 7) is 0. The first-order valence-electron chi connectivity index (χ1n) is 4.93. The third-order valence-corrected chi connectivity index (χ3v) is 2.66. The number of nitriles is 1. The Morgan fingerprint density at radius 3 is 2.80 bits per heavy atom. The average Bonchev–Trinajstić information content (AvgIpc) is 2.18. The zero-order valence-corrected chi connectivity index (χ0v) is 8.27. The van der Waals surface area contributed by atoms with Gasteiger partial charge in [-0.3, -0.25) is 0 Å². The normalized spacial score (nSPS) is 24.0. The minimum Gasteiger partial charge on any atom is -0.398 e. The van der Waals surface area contributed by atoms with Gasteiger partial charge in [0.15, 0.2) is 0 Å². The number of nitrogens with one attached hydrogen (secondary N) is 1. The Morgan fingerprint density at radius 2 is 2.20 bits per heavy atom. The van der Waals surface area contributed by atoms with E-state index in [9.17, 15) is 0 Å². The van der Waals surface area contributed by atoms with E-state index >= 15 is 0 Å². The molecule has 0 heterocycles. The topological polar surface area (TPSA) is 82.1 Å². The molecular weight excluding hydrogens is 190 g/mol. The minimum atomic E-state index is -0.174. The van der Waals surface area contributed by atoms with Crippen molar-refractivity contribution in [3.63, 3.8) is 0 Å². The van der Waals surface area contributed by atoms with Crippen LogP contribution in [0.2, 0.25) is 0 Å². The number of nitrogens with zero attached hydrogens (tertiary/aromatic N) is 1. The highest BCUT2D eigenvalue weighted by molar-refractivity contribution is 5.62. The van der Waals surface area contributed by atoms with E-state index in [1.54, 1.807) is 12.1 Å². The molecule has 0 unspecified atom stereocenters. The smallest absolute Gasteiger partial charge is 0.101 e. The Labute approximate surface area is 88.3 Å². The van der Waals surface area contributed by atoms with Gasteiger partial charge in [0.25, 0.3) is 0 Å². The van der Waals surface area contributed by atoms with Crippen LogP contribution in [0.4, 0.5) is 11.4 Å². The number of benzene rings is 1. The highest BCUT2D eigenvalue weighted by Gasteiger charge is 2.26. The molecule has 0 bridgehead atoms. The van der Waals surface area contributed by atoms with Crippen LogP contribution in [-0.2, 0) is 0 Å². The summed E-state index contributed by atoms with van der Waals surface area (Å²) in [4.78, 5) is 0. The Balaban J connectivity index is 2.06. The molecule has 4 heteroatoms. The standard InChI is InChI=1S/C11H13N3O/c12-6-7-3-8(1-2-11(7)13)14-9-4-10(15)5-9/h1-3,9-10,14-15H,4-5,13H2. The minimum absolute atomic E-state index is 0.174. The van der Waals surface area contributed by atoms with Crippen molar-refractivity contribution >= 4 is 11.4 Å². The second-order valence-corrected chi connectivity index (χ2v) is 3.88. The first-order valence-corrected chi connectivity index (χ1v) is 4.93. The Morgan fingerprint density at radius 1 is 1.47 bits per heavy atom. The highest BCUT2D eigenvalue weighted by Crippen LogP contribution is 2.25. The van der Waals surface area contributed by atoms with E-state index < -0.39 is 0 Å². The number of rotatable bonds is 2. The number of hydrogen-bond donors (Lipinski definition) is 3. The van der Waals surface area contributed by atoms with Gasteiger partial charge in [-0.1, -0.05) is 0 Å². The summed E-state index contributed by atoms with van der Waals surface area (Å²) in [5.74, 6) is 0. The van der Waals surface area contributed by atoms with Crippen LogP contribution in [0.5, 0.6) is 0 Å². The van der Waals surface area contributed by atoms with Crippen LogP contribution < -0.4 is 11.1 Å². The van der Waals surface area contributed by atoms with Crippen molar-refractivity contribution in [3.05, 3.63) is 23.8 Å². The molecular formula is C11H13N3O. The van der Waals surface area contributed by atoms with E-state index in [1.165, 1.54) is 0 Å². The molecule has 1 fully saturated rings. The number of nitrogens with two attached hydrogens (primary N) is 1. The maximum Gasteiger partial charge on any atom is 0.101 e. The average molecular weight is 203 g/mol. The van der Waals surface area contributed by atoms with Gasteiger partial charge in [-0.2, -0.15) is 5.26 Å². The van der Waals surface area contributed by atoms with E-state index in [-0.39, 0.29) is 6.10 Å². The maximum absolute atomic E-state index is 9.13. The number of anilines is 2. The molecule has 1 aliphatic carbocycles. The largest absolute Gasteiger partial charge is 0.398 e. The van der Waals surface area contributed by atoms with E-state index in [4.69, 9.17) is 16.1 Å². The van der Waals surface area contributed by atoms with Crippen LogP contribution in [0.25, 0.3) is 0 Å². The molecule has 78 valence electrons. The van der Waals surface area contributed by atoms with Gasteiger partial charge in [0, 0.05) is 17.4 Å². The van der Waals surface area contributed by atoms with Crippen LogP contribution in [-0.4, -0.2) is 17.3 Å². The lowest BCUT2D eigenvalue weighted by atomic mass is 9.89. The summed E-state index contributed by atoms with van der Waals surface area (Å²) >= 11 is 0. The SMILES string of the molecule is N#Cc1cc(NC2CC(O)C2)ccc1N. The van der Waals surface area contributed by atoms with Gasteiger partial charge in [-0.25, -0.2) is 0 Å². The lowest BCUT2D eigenvalue weighted by Gasteiger charge is -2.32.